The molecule has 3 aromatic rings. The minimum Gasteiger partial charge on any atom is -0.444 e. The number of hydrogen-bond acceptors (Lipinski definition) is 7. The summed E-state index contributed by atoms with van der Waals surface area (Å²) in [7, 11) is -1.21. The highest BCUT2D eigenvalue weighted by Gasteiger charge is 2.42. The predicted molar refractivity (Wildman–Crippen MR) is 197 cm³/mol. The number of fused-ring (bicyclic) bond motifs is 1. The van der Waals surface area contributed by atoms with Crippen molar-refractivity contribution in [1.82, 2.24) is 23.9 Å². The zero-order valence-electron chi connectivity index (χ0n) is 29.1. The fourth-order valence-electron chi connectivity index (χ4n) is 6.54. The van der Waals surface area contributed by atoms with Crippen LogP contribution in [0, 0.1) is 9.62 Å². The van der Waals surface area contributed by atoms with Gasteiger partial charge >= 0.3 is 6.09 Å². The van der Waals surface area contributed by atoms with Gasteiger partial charge < -0.3 is 24.4 Å². The number of aromatic nitrogens is 3. The van der Waals surface area contributed by atoms with Gasteiger partial charge in [0.05, 0.1) is 21.2 Å². The number of aliphatic hydroxyl groups is 1. The summed E-state index contributed by atoms with van der Waals surface area (Å²) in [6.45, 7) is 15.2. The number of halogens is 1. The molecule has 262 valence electrons. The molecule has 2 aliphatic rings. The zero-order chi connectivity index (χ0) is 34.9. The molecule has 2 saturated heterocycles. The van der Waals surface area contributed by atoms with Crippen LogP contribution in [0.25, 0.3) is 11.0 Å². The van der Waals surface area contributed by atoms with Gasteiger partial charge in [0.15, 0.2) is 0 Å². The van der Waals surface area contributed by atoms with Crippen LogP contribution in [0.3, 0.4) is 0 Å². The molecule has 2 aliphatic heterocycles. The van der Waals surface area contributed by atoms with Crippen LogP contribution in [0.15, 0.2) is 47.5 Å². The van der Waals surface area contributed by atoms with Gasteiger partial charge in [-0.25, -0.2) is 9.78 Å². The summed E-state index contributed by atoms with van der Waals surface area (Å²) >= 11 is 2.20. The van der Waals surface area contributed by atoms with Gasteiger partial charge in [-0.3, -0.25) is 18.7 Å². The van der Waals surface area contributed by atoms with Crippen molar-refractivity contribution >= 4 is 53.7 Å². The van der Waals surface area contributed by atoms with Crippen LogP contribution < -0.4 is 5.56 Å². The van der Waals surface area contributed by atoms with Crippen molar-refractivity contribution in [2.75, 3.05) is 32.8 Å². The SMILES string of the molecule is CC(C)(C)OC(=O)N1CC[C@@H](C(=O)N2CCC(O)(Cn3cnc4c(cc(I)n4COCC[Si](C)(C)C)c3=O)CC2)[C@H](c2ccccc2)C1. The summed E-state index contributed by atoms with van der Waals surface area (Å²) in [5, 5.41) is 12.1. The Balaban J connectivity index is 1.23. The molecule has 2 aromatic heterocycles. The molecule has 0 bridgehead atoms. The molecule has 1 N–H and O–H groups in total. The maximum atomic E-state index is 14.0. The van der Waals surface area contributed by atoms with Crippen molar-refractivity contribution in [3.63, 3.8) is 0 Å². The van der Waals surface area contributed by atoms with Gasteiger partial charge in [-0.2, -0.15) is 0 Å². The fourth-order valence-corrected chi connectivity index (χ4v) is 7.97. The van der Waals surface area contributed by atoms with Gasteiger partial charge in [0.1, 0.15) is 24.3 Å². The molecule has 0 saturated carbocycles. The standard InChI is InChI=1S/C35H50IN5O6Si/c1-34(2,3)47-33(44)39-15-12-26(28(21-39)25-10-8-7-9-11-25)31(42)38-16-13-35(45,14-17-38)22-40-23-37-30-27(32(40)43)20-29(36)41(30)24-46-18-19-48(4,5)6/h7-11,20,23,26,28,45H,12-19,21-22,24H2,1-6H3/t26-,28+/m1/s1. The topological polar surface area (TPSA) is 119 Å². The molecule has 11 nitrogen and oxygen atoms in total. The minimum atomic E-state index is -1.21. The zero-order valence-corrected chi connectivity index (χ0v) is 32.2. The van der Waals surface area contributed by atoms with Crippen LogP contribution in [-0.2, 0) is 27.5 Å². The second-order valence-electron chi connectivity index (χ2n) is 15.5. The second-order valence-corrected chi connectivity index (χ2v) is 22.3. The van der Waals surface area contributed by atoms with E-state index in [1.165, 1.54) is 10.9 Å². The summed E-state index contributed by atoms with van der Waals surface area (Å²) in [5.41, 5.74) is -0.360. The van der Waals surface area contributed by atoms with Crippen molar-refractivity contribution in [2.45, 2.75) is 96.1 Å². The van der Waals surface area contributed by atoms with Crippen LogP contribution >= 0.6 is 22.6 Å². The van der Waals surface area contributed by atoms with E-state index in [-0.39, 0.29) is 35.9 Å². The number of carbonyl (C=O) groups excluding carboxylic acids is 2. The smallest absolute Gasteiger partial charge is 0.410 e. The molecular formula is C35H50IN5O6Si. The van der Waals surface area contributed by atoms with E-state index in [4.69, 9.17) is 9.47 Å². The lowest BCUT2D eigenvalue weighted by atomic mass is 9.79. The summed E-state index contributed by atoms with van der Waals surface area (Å²) in [6, 6.07) is 12.8. The molecule has 0 spiro atoms. The van der Waals surface area contributed by atoms with Gasteiger partial charge in [-0.1, -0.05) is 50.0 Å². The molecule has 2 fully saturated rings. The third kappa shape index (κ3) is 8.88. The Morgan fingerprint density at radius 3 is 2.42 bits per heavy atom. The number of piperidine rings is 2. The van der Waals surface area contributed by atoms with Crippen molar-refractivity contribution in [1.29, 1.82) is 0 Å². The second kappa shape index (κ2) is 14.6. The van der Waals surface area contributed by atoms with Gasteiger partial charge in [-0.15, -0.1) is 0 Å². The summed E-state index contributed by atoms with van der Waals surface area (Å²) in [6.07, 6.45) is 2.37. The molecule has 0 aliphatic carbocycles. The van der Waals surface area contributed by atoms with Gasteiger partial charge in [-0.05, 0) is 80.3 Å². The number of ether oxygens (including phenoxy) is 2. The third-order valence-corrected chi connectivity index (χ3v) is 11.9. The monoisotopic (exact) mass is 791 g/mol. The van der Waals surface area contributed by atoms with E-state index < -0.39 is 19.3 Å². The average Bonchev–Trinajstić information content (AvgIpc) is 3.35. The molecular weight excluding hydrogens is 741 g/mol. The Labute approximate surface area is 297 Å². The number of carbonyl (C=O) groups is 2. The van der Waals surface area contributed by atoms with Crippen LogP contribution in [0.5, 0.6) is 0 Å². The Kier molecular flexibility index (Phi) is 11.1. The predicted octanol–water partition coefficient (Wildman–Crippen LogP) is 5.51. The first kappa shape index (κ1) is 36.5. The van der Waals surface area contributed by atoms with E-state index in [9.17, 15) is 19.5 Å². The van der Waals surface area contributed by atoms with Gasteiger partial charge in [0.25, 0.3) is 5.56 Å². The number of benzene rings is 1. The van der Waals surface area contributed by atoms with E-state index in [0.717, 1.165) is 15.3 Å². The van der Waals surface area contributed by atoms with Crippen LogP contribution in [-0.4, -0.2) is 93.1 Å². The Morgan fingerprint density at radius 2 is 1.77 bits per heavy atom. The van der Waals surface area contributed by atoms with E-state index in [2.05, 4.69) is 47.2 Å². The van der Waals surface area contributed by atoms with Crippen molar-refractivity contribution in [2.24, 2.45) is 5.92 Å². The Morgan fingerprint density at radius 1 is 1.08 bits per heavy atom. The first-order valence-electron chi connectivity index (χ1n) is 16.9. The van der Waals surface area contributed by atoms with Crippen molar-refractivity contribution in [3.8, 4) is 0 Å². The van der Waals surface area contributed by atoms with E-state index >= 15 is 0 Å². The Hall–Kier alpha value is -2.75. The molecule has 48 heavy (non-hydrogen) atoms. The highest BCUT2D eigenvalue weighted by molar-refractivity contribution is 14.1. The maximum absolute atomic E-state index is 14.0. The van der Waals surface area contributed by atoms with E-state index in [1.54, 1.807) is 4.90 Å². The maximum Gasteiger partial charge on any atom is 0.410 e. The highest BCUT2D eigenvalue weighted by atomic mass is 127. The normalized spacial score (nSPS) is 20.2. The van der Waals surface area contributed by atoms with Crippen molar-refractivity contribution in [3.05, 3.63) is 62.3 Å². The first-order chi connectivity index (χ1) is 22.5. The number of hydrogen-bond donors (Lipinski definition) is 1. The molecule has 13 heteroatoms. The van der Waals surface area contributed by atoms with E-state index in [0.29, 0.717) is 69.8 Å². The van der Waals surface area contributed by atoms with Gasteiger partial charge in [0.2, 0.25) is 5.91 Å². The largest absolute Gasteiger partial charge is 0.444 e. The lowest BCUT2D eigenvalue weighted by Crippen LogP contribution is -2.53. The number of rotatable bonds is 9. The quantitative estimate of drug-likeness (QED) is 0.173. The highest BCUT2D eigenvalue weighted by Crippen LogP contribution is 2.36. The molecule has 0 radical (unpaired) electrons. The van der Waals surface area contributed by atoms with Crippen LogP contribution in [0.2, 0.25) is 25.7 Å². The van der Waals surface area contributed by atoms with Crippen molar-refractivity contribution < 1.29 is 24.2 Å². The summed E-state index contributed by atoms with van der Waals surface area (Å²) in [5.74, 6) is -0.423. The lowest BCUT2D eigenvalue weighted by Gasteiger charge is -2.43. The molecule has 2 amide bonds. The molecule has 5 rings (SSSR count). The minimum absolute atomic E-state index is 0.0398. The molecule has 1 aromatic carbocycles. The van der Waals surface area contributed by atoms with Crippen LogP contribution in [0.4, 0.5) is 4.79 Å². The summed E-state index contributed by atoms with van der Waals surface area (Å²) < 4.78 is 15.8. The molecule has 2 atom stereocenters. The third-order valence-electron chi connectivity index (χ3n) is 9.33. The number of amides is 2. The van der Waals surface area contributed by atoms with Gasteiger partial charge in [0, 0.05) is 52.7 Å². The lowest BCUT2D eigenvalue weighted by molar-refractivity contribution is -0.142. The molecule has 0 unspecified atom stereocenters. The first-order valence-corrected chi connectivity index (χ1v) is 21.7. The Bertz CT molecular complexity index is 1660. The summed E-state index contributed by atoms with van der Waals surface area (Å²) in [4.78, 5) is 48.6. The van der Waals surface area contributed by atoms with E-state index in [1.807, 2.05) is 66.6 Å². The average molecular weight is 792 g/mol. The van der Waals surface area contributed by atoms with Crippen LogP contribution in [0.1, 0.15) is 51.5 Å². The fraction of sp³-hybridized carbons (Fsp3) is 0.600. The molecule has 4 heterocycles. The number of nitrogens with zero attached hydrogens (tertiary/aromatic N) is 5. The number of likely N-dealkylation sites (tertiary alicyclic amines) is 2.